The molecule has 8 nitrogen and oxygen atoms in total. The van der Waals surface area contributed by atoms with E-state index in [1.807, 2.05) is 26.2 Å². The first-order valence-corrected chi connectivity index (χ1v) is 7.73. The quantitative estimate of drug-likeness (QED) is 0.367. The van der Waals surface area contributed by atoms with Crippen molar-refractivity contribution in [2.24, 2.45) is 0 Å². The number of thioether (sulfide) groups is 1. The van der Waals surface area contributed by atoms with Crippen molar-refractivity contribution in [1.82, 2.24) is 15.5 Å². The summed E-state index contributed by atoms with van der Waals surface area (Å²) in [5.74, 6) is 3.95. The van der Waals surface area contributed by atoms with Gasteiger partial charge >= 0.3 is 0 Å². The van der Waals surface area contributed by atoms with Crippen molar-refractivity contribution in [1.29, 1.82) is 0 Å². The minimum atomic E-state index is -0.485. The van der Waals surface area contributed by atoms with Gasteiger partial charge in [-0.3, -0.25) is 10.1 Å². The molecule has 0 aliphatic carbocycles. The molecule has 0 saturated carbocycles. The summed E-state index contributed by atoms with van der Waals surface area (Å²) < 4.78 is 5.70. The highest BCUT2D eigenvalue weighted by atomic mass is 32.2. The Labute approximate surface area is 134 Å². The minimum Gasteiger partial charge on any atom is -0.464 e. The molecule has 0 radical (unpaired) electrons. The smallest absolute Gasteiger partial charge is 0.274 e. The third-order valence-corrected chi connectivity index (χ3v) is 3.48. The molecule has 0 saturated heterocycles. The van der Waals surface area contributed by atoms with Crippen LogP contribution in [0.2, 0.25) is 0 Å². The molecule has 1 aromatic heterocycles. The topological polar surface area (TPSA) is 115 Å². The molecule has 4 N–H and O–H groups in total. The fourth-order valence-electron chi connectivity index (χ4n) is 1.63. The number of nitro groups is 1. The van der Waals surface area contributed by atoms with Crippen molar-refractivity contribution in [3.8, 4) is 0 Å². The minimum absolute atomic E-state index is 0. The van der Waals surface area contributed by atoms with Crippen molar-refractivity contribution in [3.05, 3.63) is 45.8 Å². The van der Waals surface area contributed by atoms with Gasteiger partial charge < -0.3 is 25.4 Å². The average molecular weight is 332 g/mol. The lowest BCUT2D eigenvalue weighted by atomic mass is 10.4. The maximum atomic E-state index is 10.3. The number of hydrogen-bond acceptors (Lipinski definition) is 7. The molecule has 0 amide bonds. The van der Waals surface area contributed by atoms with Crippen LogP contribution >= 0.6 is 11.8 Å². The van der Waals surface area contributed by atoms with E-state index in [0.29, 0.717) is 12.4 Å². The van der Waals surface area contributed by atoms with Crippen LogP contribution in [-0.4, -0.2) is 48.7 Å². The molecule has 0 atom stereocenters. The van der Waals surface area contributed by atoms with E-state index in [4.69, 9.17) is 4.42 Å². The number of furan rings is 1. The van der Waals surface area contributed by atoms with Gasteiger partial charge in [-0.15, -0.1) is 0 Å². The zero-order valence-corrected chi connectivity index (χ0v) is 13.9. The lowest BCUT2D eigenvalue weighted by Crippen LogP contribution is -2.26. The molecule has 1 aromatic rings. The van der Waals surface area contributed by atoms with Gasteiger partial charge in [0.25, 0.3) is 6.20 Å². The Kier molecular flexibility index (Phi) is 10.1. The fourth-order valence-corrected chi connectivity index (χ4v) is 2.38. The molecule has 1 heterocycles. The van der Waals surface area contributed by atoms with Gasteiger partial charge in [0.05, 0.1) is 17.2 Å². The van der Waals surface area contributed by atoms with Crippen molar-refractivity contribution in [2.75, 3.05) is 33.4 Å². The molecule has 0 spiro atoms. The highest BCUT2D eigenvalue weighted by Crippen LogP contribution is 2.15. The summed E-state index contributed by atoms with van der Waals surface area (Å²) in [6.07, 6.45) is 0.921. The highest BCUT2D eigenvalue weighted by Gasteiger charge is 2.04. The van der Waals surface area contributed by atoms with E-state index >= 15 is 0 Å². The molecular formula is C13H24N4O4S. The molecule has 0 fully saturated rings. The van der Waals surface area contributed by atoms with Crippen LogP contribution in [0.1, 0.15) is 11.5 Å². The predicted molar refractivity (Wildman–Crippen MR) is 88.0 cm³/mol. The zero-order valence-electron chi connectivity index (χ0n) is 13.1. The molecule has 0 aliphatic heterocycles. The zero-order chi connectivity index (χ0) is 15.7. The SMILES string of the molecule is CN/C(=C\[N+](=O)[O-])NCCSCc1ccc(CN(C)C)o1.O. The Morgan fingerprint density at radius 1 is 1.45 bits per heavy atom. The first-order chi connectivity index (χ1) is 10.0. The summed E-state index contributed by atoms with van der Waals surface area (Å²) in [5.41, 5.74) is 0. The van der Waals surface area contributed by atoms with E-state index in [1.165, 1.54) is 0 Å². The summed E-state index contributed by atoms with van der Waals surface area (Å²) in [6.45, 7) is 1.44. The second-order valence-electron chi connectivity index (χ2n) is 4.66. The highest BCUT2D eigenvalue weighted by molar-refractivity contribution is 7.98. The lowest BCUT2D eigenvalue weighted by molar-refractivity contribution is -0.404. The maximum absolute atomic E-state index is 10.3. The normalized spacial score (nSPS) is 11.2. The van der Waals surface area contributed by atoms with Crippen LogP contribution < -0.4 is 10.6 Å². The molecule has 0 bridgehead atoms. The summed E-state index contributed by atoms with van der Waals surface area (Å²) >= 11 is 1.72. The van der Waals surface area contributed by atoms with Crippen molar-refractivity contribution < 1.29 is 14.8 Å². The largest absolute Gasteiger partial charge is 0.464 e. The second-order valence-corrected chi connectivity index (χ2v) is 5.77. The Hall–Kier alpha value is -1.71. The van der Waals surface area contributed by atoms with Gasteiger partial charge in [0.15, 0.2) is 5.82 Å². The van der Waals surface area contributed by atoms with Gasteiger partial charge in [-0.2, -0.15) is 11.8 Å². The van der Waals surface area contributed by atoms with Crippen LogP contribution in [-0.2, 0) is 12.3 Å². The molecule has 0 unspecified atom stereocenters. The third-order valence-electron chi connectivity index (χ3n) is 2.50. The summed E-state index contributed by atoms with van der Waals surface area (Å²) in [5, 5.41) is 16.1. The number of nitrogens with zero attached hydrogens (tertiary/aromatic N) is 2. The van der Waals surface area contributed by atoms with Gasteiger partial charge in [0.2, 0.25) is 0 Å². The predicted octanol–water partition coefficient (Wildman–Crippen LogP) is 0.634. The second kappa shape index (κ2) is 10.9. The van der Waals surface area contributed by atoms with E-state index < -0.39 is 4.92 Å². The van der Waals surface area contributed by atoms with Crippen molar-refractivity contribution in [2.45, 2.75) is 12.3 Å². The number of hydrogen-bond donors (Lipinski definition) is 2. The maximum Gasteiger partial charge on any atom is 0.274 e. The van der Waals surface area contributed by atoms with Gasteiger partial charge in [-0.25, -0.2) is 0 Å². The van der Waals surface area contributed by atoms with Crippen molar-refractivity contribution >= 4 is 11.8 Å². The first kappa shape index (κ1) is 20.3. The Balaban J connectivity index is 0.00000441. The Morgan fingerprint density at radius 2 is 2.14 bits per heavy atom. The first-order valence-electron chi connectivity index (χ1n) is 6.58. The summed E-state index contributed by atoms with van der Waals surface area (Å²) in [6, 6.07) is 3.98. The molecule has 0 aliphatic rings. The Bertz CT molecular complexity index is 476. The molecule has 1 rings (SSSR count). The molecule has 9 heteroatoms. The monoisotopic (exact) mass is 332 g/mol. The van der Waals surface area contributed by atoms with Gasteiger partial charge in [-0.1, -0.05) is 0 Å². The molecular weight excluding hydrogens is 308 g/mol. The molecule has 0 aromatic carbocycles. The van der Waals surface area contributed by atoms with Gasteiger partial charge in [0.1, 0.15) is 11.5 Å². The fraction of sp³-hybridized carbons (Fsp3) is 0.538. The van der Waals surface area contributed by atoms with Crippen LogP contribution in [0.4, 0.5) is 0 Å². The number of nitrogens with one attached hydrogen (secondary N) is 2. The van der Waals surface area contributed by atoms with E-state index in [9.17, 15) is 10.1 Å². The van der Waals surface area contributed by atoms with E-state index in [-0.39, 0.29) is 5.48 Å². The number of rotatable bonds is 10. The third kappa shape index (κ3) is 8.55. The van der Waals surface area contributed by atoms with E-state index in [0.717, 1.165) is 35.8 Å². The van der Waals surface area contributed by atoms with Gasteiger partial charge in [-0.05, 0) is 26.2 Å². The molecule has 22 heavy (non-hydrogen) atoms. The summed E-state index contributed by atoms with van der Waals surface area (Å²) in [4.78, 5) is 11.9. The van der Waals surface area contributed by atoms with E-state index in [1.54, 1.807) is 18.8 Å². The molecule has 126 valence electrons. The van der Waals surface area contributed by atoms with Crippen LogP contribution in [0.25, 0.3) is 0 Å². The Morgan fingerprint density at radius 3 is 2.73 bits per heavy atom. The van der Waals surface area contributed by atoms with E-state index in [2.05, 4.69) is 15.5 Å². The van der Waals surface area contributed by atoms with Gasteiger partial charge in [0, 0.05) is 19.3 Å². The van der Waals surface area contributed by atoms with Crippen molar-refractivity contribution in [3.63, 3.8) is 0 Å². The standard InChI is InChI=1S/C13H22N4O3S.H2O/c1-14-13(9-17(18)19)15-6-7-21-10-12-5-4-11(20-12)8-16(2)3;/h4-5,9,14-15H,6-8,10H2,1-3H3;1H2/b13-9+;. The lowest BCUT2D eigenvalue weighted by Gasteiger charge is -2.07. The average Bonchev–Trinajstić information content (AvgIpc) is 2.83. The van der Waals surface area contributed by atoms with Crippen LogP contribution in [0.15, 0.2) is 28.6 Å². The van der Waals surface area contributed by atoms with Crippen LogP contribution in [0, 0.1) is 10.1 Å². The summed E-state index contributed by atoms with van der Waals surface area (Å²) in [7, 11) is 5.64. The van der Waals surface area contributed by atoms with Crippen LogP contribution in [0.5, 0.6) is 0 Å². The van der Waals surface area contributed by atoms with Crippen LogP contribution in [0.3, 0.4) is 0 Å².